The third kappa shape index (κ3) is 3.01. The molecule has 0 bridgehead atoms. The van der Waals surface area contributed by atoms with Gasteiger partial charge in [0.05, 0.1) is 5.49 Å². The van der Waals surface area contributed by atoms with Gasteiger partial charge in [0.2, 0.25) is 0 Å². The molecule has 0 radical (unpaired) electrons. The fourth-order valence-corrected chi connectivity index (χ4v) is 1.88. The number of hydrogen-bond donors (Lipinski definition) is 1. The van der Waals surface area contributed by atoms with Gasteiger partial charge in [0, 0.05) is 12.2 Å². The van der Waals surface area contributed by atoms with Crippen LogP contribution in [0.2, 0.25) is 0 Å². The van der Waals surface area contributed by atoms with Gasteiger partial charge in [-0.05, 0) is 32.0 Å². The van der Waals surface area contributed by atoms with E-state index in [1.807, 2.05) is 0 Å². The number of hydrogen-bond acceptors (Lipinski definition) is 2. The Balaban J connectivity index is 0.000000617. The van der Waals surface area contributed by atoms with E-state index < -0.39 is 0 Å². The van der Waals surface area contributed by atoms with Gasteiger partial charge >= 0.3 is 0 Å². The molecular formula is C12H20N2S. The van der Waals surface area contributed by atoms with Gasteiger partial charge in [0.1, 0.15) is 0 Å². The minimum absolute atomic E-state index is 0. The first-order chi connectivity index (χ1) is 6.81. The molecule has 1 heterocycles. The van der Waals surface area contributed by atoms with Crippen LogP contribution < -0.4 is 10.6 Å². The summed E-state index contributed by atoms with van der Waals surface area (Å²) in [7, 11) is 1.50. The van der Waals surface area contributed by atoms with Gasteiger partial charge in [-0.25, -0.2) is 0 Å². The Kier molecular flexibility index (Phi) is 6.13. The van der Waals surface area contributed by atoms with Crippen LogP contribution in [0.5, 0.6) is 0 Å². The molecule has 3 heteroatoms. The Bertz CT molecular complexity index is 323. The molecule has 1 aromatic carbocycles. The zero-order valence-electron chi connectivity index (χ0n) is 8.66. The lowest BCUT2D eigenvalue weighted by atomic mass is 10.1. The summed E-state index contributed by atoms with van der Waals surface area (Å²) >= 11 is 4.92. The van der Waals surface area contributed by atoms with Crippen LogP contribution >= 0.6 is 12.2 Å². The van der Waals surface area contributed by atoms with Crippen LogP contribution in [-0.2, 0) is 6.42 Å². The molecule has 1 aliphatic heterocycles. The zero-order valence-corrected chi connectivity index (χ0v) is 9.47. The molecule has 0 fully saturated rings. The van der Waals surface area contributed by atoms with Crippen molar-refractivity contribution in [2.24, 2.45) is 5.73 Å². The van der Waals surface area contributed by atoms with E-state index >= 15 is 0 Å². The summed E-state index contributed by atoms with van der Waals surface area (Å²) in [5, 5.41) is 0. The van der Waals surface area contributed by atoms with E-state index in [2.05, 4.69) is 35.8 Å². The van der Waals surface area contributed by atoms with Crippen LogP contribution in [0.15, 0.2) is 18.2 Å². The molecule has 2 nitrogen and oxygen atoms in total. The zero-order chi connectivity index (χ0) is 10.6. The van der Waals surface area contributed by atoms with Crippen LogP contribution in [-0.4, -0.2) is 19.1 Å². The third-order valence-corrected chi connectivity index (χ3v) is 2.55. The maximum Gasteiger partial charge on any atom is 0.0685 e. The van der Waals surface area contributed by atoms with Crippen molar-refractivity contribution in [1.29, 1.82) is 0 Å². The summed E-state index contributed by atoms with van der Waals surface area (Å²) in [5.74, 6) is 0. The van der Waals surface area contributed by atoms with Crippen molar-refractivity contribution in [3.05, 3.63) is 29.3 Å². The maximum atomic E-state index is 4.92. The van der Waals surface area contributed by atoms with E-state index in [0.717, 1.165) is 13.0 Å². The van der Waals surface area contributed by atoms with Gasteiger partial charge in [-0.3, -0.25) is 0 Å². The van der Waals surface area contributed by atoms with Gasteiger partial charge < -0.3 is 10.6 Å². The lowest BCUT2D eigenvalue weighted by Crippen LogP contribution is -2.15. The molecule has 0 aliphatic carbocycles. The van der Waals surface area contributed by atoms with E-state index in [1.165, 1.54) is 23.9 Å². The highest BCUT2D eigenvalue weighted by Gasteiger charge is 2.16. The van der Waals surface area contributed by atoms with Crippen molar-refractivity contribution in [3.63, 3.8) is 0 Å². The molecule has 0 unspecified atom stereocenters. The van der Waals surface area contributed by atoms with Gasteiger partial charge in [0.15, 0.2) is 0 Å². The Morgan fingerprint density at radius 3 is 2.67 bits per heavy atom. The van der Waals surface area contributed by atoms with E-state index in [9.17, 15) is 0 Å². The molecular weight excluding hydrogens is 204 g/mol. The minimum atomic E-state index is 0. The Morgan fingerprint density at radius 2 is 2.07 bits per heavy atom. The number of nitrogens with two attached hydrogens (primary N) is 1. The molecule has 2 rings (SSSR count). The van der Waals surface area contributed by atoms with Crippen molar-refractivity contribution in [2.45, 2.75) is 20.8 Å². The van der Waals surface area contributed by atoms with Crippen LogP contribution in [0.1, 0.15) is 18.6 Å². The van der Waals surface area contributed by atoms with Crippen molar-refractivity contribution >= 4 is 23.4 Å². The van der Waals surface area contributed by atoms with E-state index in [-0.39, 0.29) is 7.43 Å². The molecule has 1 aliphatic rings. The first-order valence-electron chi connectivity index (χ1n) is 4.70. The van der Waals surface area contributed by atoms with Crippen molar-refractivity contribution in [3.8, 4) is 0 Å². The molecule has 0 saturated carbocycles. The first-order valence-corrected chi connectivity index (χ1v) is 5.17. The minimum Gasteiger partial charge on any atom is -0.338 e. The molecule has 84 valence electrons. The van der Waals surface area contributed by atoms with E-state index in [4.69, 9.17) is 12.2 Å². The van der Waals surface area contributed by atoms with Gasteiger partial charge in [-0.2, -0.15) is 0 Å². The second-order valence-corrected chi connectivity index (χ2v) is 3.39. The predicted molar refractivity (Wildman–Crippen MR) is 72.7 cm³/mol. The molecule has 15 heavy (non-hydrogen) atoms. The first kappa shape index (κ1) is 14.1. The lowest BCUT2D eigenvalue weighted by molar-refractivity contribution is 1.04. The Morgan fingerprint density at radius 1 is 1.40 bits per heavy atom. The highest BCUT2D eigenvalue weighted by Crippen LogP contribution is 2.27. The molecule has 0 spiro atoms. The number of rotatable bonds is 1. The summed E-state index contributed by atoms with van der Waals surface area (Å²) in [5.41, 5.74) is 10.3. The van der Waals surface area contributed by atoms with Crippen LogP contribution in [0.3, 0.4) is 0 Å². The summed E-state index contributed by atoms with van der Waals surface area (Å²) in [6.45, 7) is 3.17. The van der Waals surface area contributed by atoms with E-state index in [1.54, 1.807) is 5.49 Å². The van der Waals surface area contributed by atoms with Crippen molar-refractivity contribution in [1.82, 2.24) is 0 Å². The Labute approximate surface area is 98.1 Å². The topological polar surface area (TPSA) is 29.3 Å². The normalized spacial score (nSPS) is 12.1. The molecule has 2 N–H and O–H groups in total. The molecule has 0 atom stereocenters. The highest BCUT2D eigenvalue weighted by atomic mass is 32.1. The standard InChI is InChI=1S/C10H11NS.CH5N.CH4/c1-8-2-3-10-9(6-8)4-5-11(10)7-12;1-2;/h2-3,6-7H,4-5H2,1H3;2H2,1H3;1H4. The monoisotopic (exact) mass is 224 g/mol. The summed E-state index contributed by atoms with van der Waals surface area (Å²) in [4.78, 5) is 2.13. The number of aryl methyl sites for hydroxylation is 1. The average molecular weight is 224 g/mol. The Hall–Kier alpha value is -0.930. The number of thiocarbonyl (C=S) groups is 1. The number of fused-ring (bicyclic) bond motifs is 1. The summed E-state index contributed by atoms with van der Waals surface area (Å²) < 4.78 is 0. The number of nitrogens with zero attached hydrogens (tertiary/aromatic N) is 1. The quantitative estimate of drug-likeness (QED) is 0.743. The predicted octanol–water partition coefficient (Wildman–Crippen LogP) is 2.53. The fraction of sp³-hybridized carbons (Fsp3) is 0.417. The van der Waals surface area contributed by atoms with Crippen molar-refractivity contribution < 1.29 is 0 Å². The smallest absolute Gasteiger partial charge is 0.0685 e. The van der Waals surface area contributed by atoms with Gasteiger partial charge in [0.25, 0.3) is 0 Å². The molecule has 1 aromatic rings. The second kappa shape index (κ2) is 6.53. The molecule has 0 amide bonds. The maximum absolute atomic E-state index is 4.92. The lowest BCUT2D eigenvalue weighted by Gasteiger charge is -2.11. The van der Waals surface area contributed by atoms with E-state index in [0.29, 0.717) is 0 Å². The fourth-order valence-electron chi connectivity index (χ4n) is 1.67. The van der Waals surface area contributed by atoms with Gasteiger partial charge in [-0.15, -0.1) is 0 Å². The largest absolute Gasteiger partial charge is 0.338 e. The molecule has 0 saturated heterocycles. The van der Waals surface area contributed by atoms with Crippen LogP contribution in [0.4, 0.5) is 5.69 Å². The second-order valence-electron chi connectivity index (χ2n) is 3.18. The summed E-state index contributed by atoms with van der Waals surface area (Å²) in [6, 6.07) is 6.53. The summed E-state index contributed by atoms with van der Waals surface area (Å²) in [6.07, 6.45) is 1.13. The highest BCUT2D eigenvalue weighted by molar-refractivity contribution is 7.79. The number of benzene rings is 1. The van der Waals surface area contributed by atoms with Crippen LogP contribution in [0.25, 0.3) is 0 Å². The number of anilines is 1. The average Bonchev–Trinajstić information content (AvgIpc) is 2.62. The van der Waals surface area contributed by atoms with Crippen LogP contribution in [0, 0.1) is 6.92 Å². The third-order valence-electron chi connectivity index (χ3n) is 2.29. The molecule has 0 aromatic heterocycles. The van der Waals surface area contributed by atoms with Gasteiger partial charge in [-0.1, -0.05) is 37.3 Å². The SMILES string of the molecule is C.CN.Cc1ccc2c(c1)CCN2C=S. The van der Waals surface area contributed by atoms with Crippen molar-refractivity contribution in [2.75, 3.05) is 18.5 Å².